The second-order valence-electron chi connectivity index (χ2n) is 3.29. The number of carbonyl (C=O) groups is 1. The lowest BCUT2D eigenvalue weighted by atomic mass is 10.1. The Bertz CT molecular complexity index is 404. The largest absolute Gasteiger partial charge is 0.478 e. The molecule has 0 aliphatic rings. The highest BCUT2D eigenvalue weighted by Crippen LogP contribution is 2.25. The number of carboxylic acid groups (broad SMARTS) is 1. The molecule has 0 atom stereocenters. The van der Waals surface area contributed by atoms with Crippen LogP contribution in [0.3, 0.4) is 0 Å². The van der Waals surface area contributed by atoms with E-state index in [1.165, 1.54) is 0 Å². The van der Waals surface area contributed by atoms with E-state index in [0.717, 1.165) is 11.0 Å². The number of rotatable bonds is 5. The molecule has 1 aromatic rings. The van der Waals surface area contributed by atoms with E-state index in [1.54, 1.807) is 18.2 Å². The van der Waals surface area contributed by atoms with Gasteiger partial charge in [-0.1, -0.05) is 22.0 Å². The summed E-state index contributed by atoms with van der Waals surface area (Å²) >= 11 is 3.35. The van der Waals surface area contributed by atoms with Crippen LogP contribution in [0.1, 0.15) is 17.3 Å². The van der Waals surface area contributed by atoms with Crippen LogP contribution in [-0.2, 0) is 0 Å². The van der Waals surface area contributed by atoms with Gasteiger partial charge in [-0.25, -0.2) is 4.79 Å². The van der Waals surface area contributed by atoms with Crippen LogP contribution < -0.4 is 4.90 Å². The lowest BCUT2D eigenvalue weighted by Gasteiger charge is -2.23. The number of aromatic carboxylic acids is 1. The molecule has 0 spiro atoms. The Kier molecular flexibility index (Phi) is 4.55. The molecule has 1 aromatic carbocycles. The summed E-state index contributed by atoms with van der Waals surface area (Å²) in [5.41, 5.74) is 1.02. The van der Waals surface area contributed by atoms with Crippen LogP contribution in [-0.4, -0.2) is 24.2 Å². The van der Waals surface area contributed by atoms with Crippen LogP contribution in [0.15, 0.2) is 35.3 Å². The third-order valence-electron chi connectivity index (χ3n) is 2.26. The summed E-state index contributed by atoms with van der Waals surface area (Å²) < 4.78 is 0.870. The van der Waals surface area contributed by atoms with Gasteiger partial charge in [0, 0.05) is 17.6 Å². The van der Waals surface area contributed by atoms with Gasteiger partial charge >= 0.3 is 5.97 Å². The Morgan fingerprint density at radius 3 is 2.81 bits per heavy atom. The number of hydrogen-bond acceptors (Lipinski definition) is 2. The van der Waals surface area contributed by atoms with Crippen molar-refractivity contribution >= 4 is 27.6 Å². The van der Waals surface area contributed by atoms with Gasteiger partial charge in [-0.2, -0.15) is 0 Å². The summed E-state index contributed by atoms with van der Waals surface area (Å²) in [6.45, 7) is 7.02. The van der Waals surface area contributed by atoms with E-state index in [0.29, 0.717) is 17.8 Å². The van der Waals surface area contributed by atoms with Gasteiger partial charge in [0.2, 0.25) is 0 Å². The highest BCUT2D eigenvalue weighted by atomic mass is 79.9. The zero-order valence-corrected chi connectivity index (χ0v) is 10.7. The summed E-state index contributed by atoms with van der Waals surface area (Å²) in [7, 11) is 0. The Morgan fingerprint density at radius 1 is 1.62 bits per heavy atom. The summed E-state index contributed by atoms with van der Waals surface area (Å²) in [5, 5.41) is 9.10. The molecule has 0 radical (unpaired) electrons. The predicted molar refractivity (Wildman–Crippen MR) is 69.2 cm³/mol. The molecule has 0 saturated heterocycles. The number of halogens is 1. The molecular formula is C12H14BrNO2. The number of benzene rings is 1. The van der Waals surface area contributed by atoms with Gasteiger partial charge in [0.05, 0.1) is 11.3 Å². The molecule has 0 aliphatic carbocycles. The molecule has 86 valence electrons. The van der Waals surface area contributed by atoms with E-state index in [1.807, 2.05) is 17.9 Å². The molecule has 1 rings (SSSR count). The smallest absolute Gasteiger partial charge is 0.337 e. The first-order chi connectivity index (χ1) is 7.60. The topological polar surface area (TPSA) is 40.5 Å². The SMILES string of the molecule is C=CCN(CC)c1cc(Br)ccc1C(=O)O. The highest BCUT2D eigenvalue weighted by Gasteiger charge is 2.14. The van der Waals surface area contributed by atoms with Crippen LogP contribution in [0.4, 0.5) is 5.69 Å². The number of anilines is 1. The number of nitrogens with zero attached hydrogens (tertiary/aromatic N) is 1. The van der Waals surface area contributed by atoms with Gasteiger partial charge in [0.15, 0.2) is 0 Å². The lowest BCUT2D eigenvalue weighted by molar-refractivity contribution is 0.0697. The van der Waals surface area contributed by atoms with Gasteiger partial charge in [-0.05, 0) is 25.1 Å². The summed E-state index contributed by atoms with van der Waals surface area (Å²) in [5.74, 6) is -0.912. The molecule has 0 unspecified atom stereocenters. The fourth-order valence-electron chi connectivity index (χ4n) is 1.50. The van der Waals surface area contributed by atoms with E-state index < -0.39 is 5.97 Å². The van der Waals surface area contributed by atoms with Gasteiger partial charge < -0.3 is 10.0 Å². The Morgan fingerprint density at radius 2 is 2.31 bits per heavy atom. The molecule has 0 saturated carbocycles. The minimum Gasteiger partial charge on any atom is -0.478 e. The average Bonchev–Trinajstić information content (AvgIpc) is 2.25. The lowest BCUT2D eigenvalue weighted by Crippen LogP contribution is -2.24. The molecule has 0 bridgehead atoms. The molecule has 0 heterocycles. The Balaban J connectivity index is 3.21. The van der Waals surface area contributed by atoms with Crippen LogP contribution in [0.2, 0.25) is 0 Å². The van der Waals surface area contributed by atoms with E-state index in [4.69, 9.17) is 5.11 Å². The molecule has 0 fully saturated rings. The quantitative estimate of drug-likeness (QED) is 0.844. The minimum absolute atomic E-state index is 0.312. The van der Waals surface area contributed by atoms with Crippen LogP contribution in [0.5, 0.6) is 0 Å². The fraction of sp³-hybridized carbons (Fsp3) is 0.250. The second-order valence-corrected chi connectivity index (χ2v) is 4.21. The van der Waals surface area contributed by atoms with Crippen molar-refractivity contribution in [1.29, 1.82) is 0 Å². The van der Waals surface area contributed by atoms with Crippen molar-refractivity contribution in [1.82, 2.24) is 0 Å². The maximum absolute atomic E-state index is 11.1. The molecule has 0 amide bonds. The fourth-order valence-corrected chi connectivity index (χ4v) is 1.85. The average molecular weight is 284 g/mol. The van der Waals surface area contributed by atoms with Crippen LogP contribution in [0, 0.1) is 0 Å². The molecular weight excluding hydrogens is 270 g/mol. The van der Waals surface area contributed by atoms with Gasteiger partial charge in [-0.3, -0.25) is 0 Å². The van der Waals surface area contributed by atoms with E-state index >= 15 is 0 Å². The van der Waals surface area contributed by atoms with E-state index in [9.17, 15) is 4.79 Å². The highest BCUT2D eigenvalue weighted by molar-refractivity contribution is 9.10. The first kappa shape index (κ1) is 12.8. The second kappa shape index (κ2) is 5.70. The first-order valence-electron chi connectivity index (χ1n) is 4.98. The van der Waals surface area contributed by atoms with Crippen molar-refractivity contribution in [2.24, 2.45) is 0 Å². The van der Waals surface area contributed by atoms with Crippen molar-refractivity contribution in [3.63, 3.8) is 0 Å². The normalized spacial score (nSPS) is 9.88. The summed E-state index contributed by atoms with van der Waals surface area (Å²) in [6.07, 6.45) is 1.76. The Hall–Kier alpha value is -1.29. The Labute approximate surface area is 104 Å². The van der Waals surface area contributed by atoms with Crippen molar-refractivity contribution in [3.8, 4) is 0 Å². The molecule has 0 aromatic heterocycles. The molecule has 3 nitrogen and oxygen atoms in total. The van der Waals surface area contributed by atoms with Gasteiger partial charge in [0.1, 0.15) is 0 Å². The molecule has 4 heteroatoms. The molecule has 1 N–H and O–H groups in total. The minimum atomic E-state index is -0.912. The third kappa shape index (κ3) is 2.85. The first-order valence-corrected chi connectivity index (χ1v) is 5.78. The van der Waals surface area contributed by atoms with E-state index in [-0.39, 0.29) is 0 Å². The summed E-state index contributed by atoms with van der Waals surface area (Å²) in [4.78, 5) is 13.0. The molecule has 0 aliphatic heterocycles. The standard InChI is InChI=1S/C12H14BrNO2/c1-3-7-14(4-2)11-8-9(13)5-6-10(11)12(15)16/h3,5-6,8H,1,4,7H2,2H3,(H,15,16). The zero-order valence-electron chi connectivity index (χ0n) is 9.11. The third-order valence-corrected chi connectivity index (χ3v) is 2.76. The van der Waals surface area contributed by atoms with E-state index in [2.05, 4.69) is 22.5 Å². The maximum atomic E-state index is 11.1. The predicted octanol–water partition coefficient (Wildman–Crippen LogP) is 3.16. The van der Waals surface area contributed by atoms with Crippen molar-refractivity contribution < 1.29 is 9.90 Å². The van der Waals surface area contributed by atoms with Crippen LogP contribution >= 0.6 is 15.9 Å². The summed E-state index contributed by atoms with van der Waals surface area (Å²) in [6, 6.07) is 5.15. The van der Waals surface area contributed by atoms with Crippen molar-refractivity contribution in [2.45, 2.75) is 6.92 Å². The van der Waals surface area contributed by atoms with Gasteiger partial charge in [0.25, 0.3) is 0 Å². The van der Waals surface area contributed by atoms with Crippen LogP contribution in [0.25, 0.3) is 0 Å². The molecule has 16 heavy (non-hydrogen) atoms. The van der Waals surface area contributed by atoms with Gasteiger partial charge in [-0.15, -0.1) is 6.58 Å². The number of carboxylic acids is 1. The zero-order chi connectivity index (χ0) is 12.1. The monoisotopic (exact) mass is 283 g/mol. The number of likely N-dealkylation sites (N-methyl/N-ethyl adjacent to an activating group) is 1. The maximum Gasteiger partial charge on any atom is 0.337 e. The van der Waals surface area contributed by atoms with Crippen molar-refractivity contribution in [3.05, 3.63) is 40.9 Å². The number of hydrogen-bond donors (Lipinski definition) is 1. The van der Waals surface area contributed by atoms with Crippen molar-refractivity contribution in [2.75, 3.05) is 18.0 Å².